The van der Waals surface area contributed by atoms with Gasteiger partial charge in [0.25, 0.3) is 0 Å². The Morgan fingerprint density at radius 1 is 1.30 bits per heavy atom. The number of fused-ring (bicyclic) bond motifs is 1. The van der Waals surface area contributed by atoms with Gasteiger partial charge in [-0.1, -0.05) is 26.0 Å². The van der Waals surface area contributed by atoms with Crippen LogP contribution in [0, 0.1) is 5.92 Å². The Bertz CT molecular complexity index is 830. The molecule has 1 aliphatic rings. The fraction of sp³-hybridized carbons (Fsp3) is 0.550. The number of hydrogen-bond acceptors (Lipinski definition) is 4. The largest absolute Gasteiger partial charge is 0.388 e. The van der Waals surface area contributed by atoms with Gasteiger partial charge in [-0.15, -0.1) is 0 Å². The number of amides is 2. The lowest BCUT2D eigenvalue weighted by Crippen LogP contribution is -2.58. The molecule has 2 aromatic rings. The first-order chi connectivity index (χ1) is 12.9. The lowest BCUT2D eigenvalue weighted by Gasteiger charge is -2.40. The molecule has 2 heterocycles. The van der Waals surface area contributed by atoms with E-state index in [0.717, 1.165) is 17.6 Å². The van der Waals surface area contributed by atoms with Crippen LogP contribution in [0.15, 0.2) is 24.3 Å². The number of piperazine rings is 1. The number of carbonyl (C=O) groups excluding carboxylic acids is 2. The van der Waals surface area contributed by atoms with Gasteiger partial charge in [0.05, 0.1) is 11.0 Å². The van der Waals surface area contributed by atoms with Gasteiger partial charge in [0, 0.05) is 32.6 Å². The van der Waals surface area contributed by atoms with Gasteiger partial charge < -0.3 is 19.5 Å². The molecule has 2 amide bonds. The monoisotopic (exact) mass is 372 g/mol. The molecule has 1 N–H and O–H groups in total. The fourth-order valence-corrected chi connectivity index (χ4v) is 3.74. The zero-order valence-electron chi connectivity index (χ0n) is 16.3. The van der Waals surface area contributed by atoms with Gasteiger partial charge in [0.1, 0.15) is 18.5 Å². The maximum atomic E-state index is 12.8. The summed E-state index contributed by atoms with van der Waals surface area (Å²) in [4.78, 5) is 33.3. The molecule has 1 aliphatic heterocycles. The van der Waals surface area contributed by atoms with Crippen molar-refractivity contribution in [1.82, 2.24) is 19.4 Å². The van der Waals surface area contributed by atoms with E-state index in [0.29, 0.717) is 31.4 Å². The van der Waals surface area contributed by atoms with E-state index >= 15 is 0 Å². The second-order valence-corrected chi connectivity index (χ2v) is 7.52. The van der Waals surface area contributed by atoms with Crippen molar-refractivity contribution in [3.63, 3.8) is 0 Å². The third kappa shape index (κ3) is 3.98. The molecule has 0 bridgehead atoms. The Morgan fingerprint density at radius 2 is 2.04 bits per heavy atom. The molecule has 0 spiro atoms. The Kier molecular flexibility index (Phi) is 5.79. The van der Waals surface area contributed by atoms with Crippen molar-refractivity contribution in [1.29, 1.82) is 0 Å². The van der Waals surface area contributed by atoms with Crippen molar-refractivity contribution in [3.05, 3.63) is 30.1 Å². The number of benzene rings is 1. The lowest BCUT2D eigenvalue weighted by atomic mass is 10.1. The highest BCUT2D eigenvalue weighted by atomic mass is 16.3. The van der Waals surface area contributed by atoms with Gasteiger partial charge in [-0.25, -0.2) is 4.98 Å². The Balaban J connectivity index is 1.67. The standard InChI is InChI=1S/C20H28N4O3/c1-14(2)12-22-10-11-23(15(3)20(22)27)19(26)8-9-24-17-7-5-4-6-16(17)21-18(24)13-25/h4-7,14-15,25H,8-13H2,1-3H3/t15-/m0/s1. The van der Waals surface area contributed by atoms with E-state index in [-0.39, 0.29) is 24.8 Å². The fourth-order valence-electron chi connectivity index (χ4n) is 3.74. The van der Waals surface area contributed by atoms with E-state index in [1.54, 1.807) is 11.8 Å². The van der Waals surface area contributed by atoms with Gasteiger partial charge in [-0.3, -0.25) is 9.59 Å². The number of para-hydroxylation sites is 2. The second kappa shape index (κ2) is 8.08. The van der Waals surface area contributed by atoms with Gasteiger partial charge in [0.15, 0.2) is 0 Å². The Hall–Kier alpha value is -2.41. The second-order valence-electron chi connectivity index (χ2n) is 7.52. The number of aryl methyl sites for hydroxylation is 1. The normalized spacial score (nSPS) is 18.0. The molecule has 1 atom stereocenters. The van der Waals surface area contributed by atoms with E-state index in [1.807, 2.05) is 33.7 Å². The van der Waals surface area contributed by atoms with E-state index in [4.69, 9.17) is 0 Å². The summed E-state index contributed by atoms with van der Waals surface area (Å²) in [6.45, 7) is 8.12. The van der Waals surface area contributed by atoms with E-state index < -0.39 is 6.04 Å². The van der Waals surface area contributed by atoms with Gasteiger partial charge in [-0.2, -0.15) is 0 Å². The third-order valence-corrected chi connectivity index (χ3v) is 5.08. The summed E-state index contributed by atoms with van der Waals surface area (Å²) < 4.78 is 1.88. The summed E-state index contributed by atoms with van der Waals surface area (Å²) >= 11 is 0. The first-order valence-electron chi connectivity index (χ1n) is 9.55. The van der Waals surface area contributed by atoms with Crippen LogP contribution >= 0.6 is 0 Å². The number of imidazole rings is 1. The number of rotatable bonds is 6. The summed E-state index contributed by atoms with van der Waals surface area (Å²) in [5, 5.41) is 9.58. The molecular formula is C20H28N4O3. The molecule has 1 aromatic carbocycles. The molecule has 27 heavy (non-hydrogen) atoms. The van der Waals surface area contributed by atoms with Crippen molar-refractivity contribution < 1.29 is 14.7 Å². The summed E-state index contributed by atoms with van der Waals surface area (Å²) in [7, 11) is 0. The molecule has 0 radical (unpaired) electrons. The molecule has 1 aromatic heterocycles. The van der Waals surface area contributed by atoms with Crippen LogP contribution in [0.5, 0.6) is 0 Å². The third-order valence-electron chi connectivity index (χ3n) is 5.08. The SMILES string of the molecule is CC(C)CN1CCN(C(=O)CCn2c(CO)nc3ccccc32)[C@@H](C)C1=O. The highest BCUT2D eigenvalue weighted by Gasteiger charge is 2.34. The molecule has 0 saturated carbocycles. The number of nitrogens with zero attached hydrogens (tertiary/aromatic N) is 4. The van der Waals surface area contributed by atoms with Gasteiger partial charge in [0.2, 0.25) is 11.8 Å². The summed E-state index contributed by atoms with van der Waals surface area (Å²) in [5.41, 5.74) is 1.71. The minimum Gasteiger partial charge on any atom is -0.388 e. The van der Waals surface area contributed by atoms with Crippen molar-refractivity contribution in [2.75, 3.05) is 19.6 Å². The molecule has 0 aliphatic carbocycles. The van der Waals surface area contributed by atoms with Crippen molar-refractivity contribution in [3.8, 4) is 0 Å². The smallest absolute Gasteiger partial charge is 0.245 e. The van der Waals surface area contributed by atoms with Crippen LogP contribution in [0.3, 0.4) is 0 Å². The first kappa shape index (κ1) is 19.4. The van der Waals surface area contributed by atoms with Crippen molar-refractivity contribution in [2.24, 2.45) is 5.92 Å². The lowest BCUT2D eigenvalue weighted by molar-refractivity contribution is -0.151. The zero-order chi connectivity index (χ0) is 19.6. The van der Waals surface area contributed by atoms with Crippen LogP contribution in [-0.2, 0) is 22.7 Å². The quantitative estimate of drug-likeness (QED) is 0.836. The topological polar surface area (TPSA) is 78.7 Å². The van der Waals surface area contributed by atoms with Crippen LogP contribution in [0.4, 0.5) is 0 Å². The maximum absolute atomic E-state index is 12.8. The Labute approximate surface area is 159 Å². The summed E-state index contributed by atoms with van der Waals surface area (Å²) in [5.74, 6) is 0.943. The van der Waals surface area contributed by atoms with E-state index in [2.05, 4.69) is 18.8 Å². The molecule has 1 fully saturated rings. The van der Waals surface area contributed by atoms with Crippen molar-refractivity contribution >= 4 is 22.8 Å². The van der Waals surface area contributed by atoms with Crippen LogP contribution in [0.2, 0.25) is 0 Å². The molecule has 7 nitrogen and oxygen atoms in total. The van der Waals surface area contributed by atoms with Crippen LogP contribution in [0.1, 0.15) is 33.0 Å². The molecule has 7 heteroatoms. The minimum atomic E-state index is -0.429. The number of aliphatic hydroxyl groups is 1. The number of carbonyl (C=O) groups is 2. The summed E-state index contributed by atoms with van der Waals surface area (Å²) in [6.07, 6.45) is 0.273. The average Bonchev–Trinajstić information content (AvgIpc) is 3.01. The predicted octanol–water partition coefficient (Wildman–Crippen LogP) is 1.63. The van der Waals surface area contributed by atoms with Crippen molar-refractivity contribution in [2.45, 2.75) is 46.4 Å². The zero-order valence-corrected chi connectivity index (χ0v) is 16.3. The van der Waals surface area contributed by atoms with Gasteiger partial charge in [-0.05, 0) is 25.0 Å². The number of aliphatic hydroxyl groups excluding tert-OH is 1. The molecule has 1 saturated heterocycles. The van der Waals surface area contributed by atoms with Gasteiger partial charge >= 0.3 is 0 Å². The highest BCUT2D eigenvalue weighted by Crippen LogP contribution is 2.18. The molecular weight excluding hydrogens is 344 g/mol. The molecule has 0 unspecified atom stereocenters. The summed E-state index contributed by atoms with van der Waals surface area (Å²) in [6, 6.07) is 7.21. The van der Waals surface area contributed by atoms with E-state index in [1.165, 1.54) is 0 Å². The number of aromatic nitrogens is 2. The Morgan fingerprint density at radius 3 is 2.74 bits per heavy atom. The number of hydrogen-bond donors (Lipinski definition) is 1. The maximum Gasteiger partial charge on any atom is 0.245 e. The van der Waals surface area contributed by atoms with Crippen LogP contribution < -0.4 is 0 Å². The first-order valence-corrected chi connectivity index (χ1v) is 9.55. The van der Waals surface area contributed by atoms with E-state index in [9.17, 15) is 14.7 Å². The average molecular weight is 372 g/mol. The highest BCUT2D eigenvalue weighted by molar-refractivity contribution is 5.88. The molecule has 3 rings (SSSR count). The van der Waals surface area contributed by atoms with Crippen LogP contribution in [-0.4, -0.2) is 61.9 Å². The van der Waals surface area contributed by atoms with Crippen LogP contribution in [0.25, 0.3) is 11.0 Å². The predicted molar refractivity (Wildman–Crippen MR) is 103 cm³/mol. The molecule has 146 valence electrons. The minimum absolute atomic E-state index is 0.0208.